The number of nitrogens with two attached hydrogens (primary N) is 3. The van der Waals surface area contributed by atoms with Gasteiger partial charge in [-0.1, -0.05) is 106 Å². The first-order chi connectivity index (χ1) is 54.2. The Morgan fingerprint density at radius 2 is 0.567 bits per heavy atom. The Balaban J connectivity index is -0.00000169. The molecule has 666 valence electrons. The maximum atomic E-state index is 12.7. The number of carbonyl (C=O) groups is 18. The third-order valence-electron chi connectivity index (χ3n) is 20.2. The minimum atomic E-state index is -1.46. The fourth-order valence-electron chi connectivity index (χ4n) is 12.0. The Morgan fingerprint density at radius 1 is 0.367 bits per heavy atom. The van der Waals surface area contributed by atoms with Gasteiger partial charge < -0.3 is 108 Å². The van der Waals surface area contributed by atoms with Crippen LogP contribution in [-0.4, -0.2) is 297 Å². The molecule has 3 heterocycles. The summed E-state index contributed by atoms with van der Waals surface area (Å²) in [5, 5.41) is 103. The number of carboxylic acid groups (broad SMARTS) is 9. The average Bonchev–Trinajstić information content (AvgIpc) is 1.24. The van der Waals surface area contributed by atoms with Crippen LogP contribution in [0.3, 0.4) is 0 Å². The summed E-state index contributed by atoms with van der Waals surface area (Å²) >= 11 is 0. The van der Waals surface area contributed by atoms with Crippen molar-refractivity contribution in [3.63, 3.8) is 0 Å². The van der Waals surface area contributed by atoms with Crippen LogP contribution in [0.15, 0.2) is 0 Å². The number of aliphatic carboxylic acids is 9. The maximum Gasteiger partial charge on any atom is 1.00 e. The smallest absolute Gasteiger partial charge is 0.548 e. The largest absolute Gasteiger partial charge is 1.00 e. The van der Waals surface area contributed by atoms with Gasteiger partial charge in [0.15, 0.2) is 0 Å². The first-order valence-electron chi connectivity index (χ1n) is 37.9. The second kappa shape index (κ2) is 59.8. The summed E-state index contributed by atoms with van der Waals surface area (Å²) in [4.78, 5) is 218. The van der Waals surface area contributed by atoms with Crippen LogP contribution in [0, 0.1) is 35.5 Å². The first-order valence-corrected chi connectivity index (χ1v) is 45.3. The van der Waals surface area contributed by atoms with Crippen LogP contribution < -0.4 is 153 Å². The molecule has 120 heavy (non-hydrogen) atoms. The van der Waals surface area contributed by atoms with Crippen molar-refractivity contribution in [1.82, 2.24) is 46.6 Å². The van der Waals surface area contributed by atoms with Crippen molar-refractivity contribution in [1.29, 1.82) is 0 Å². The Morgan fingerprint density at radius 3 is 0.750 bits per heavy atom. The van der Waals surface area contributed by atoms with Gasteiger partial charge in [0.1, 0.15) is 53.6 Å². The molecule has 0 spiro atoms. The predicted octanol–water partition coefficient (Wildman–Crippen LogP) is -11.7. The van der Waals surface area contributed by atoms with Crippen molar-refractivity contribution in [3.05, 3.63) is 0 Å². The summed E-state index contributed by atoms with van der Waals surface area (Å²) in [5.41, 5.74) is 13.7. The maximum absolute atomic E-state index is 12.7. The molecule has 7 unspecified atom stereocenters. The van der Waals surface area contributed by atoms with E-state index in [1.807, 2.05) is 0 Å². The third kappa shape index (κ3) is 43.9. The molecule has 18 N–H and O–H groups in total. The quantitative estimate of drug-likeness (QED) is 0.0153. The van der Waals surface area contributed by atoms with Gasteiger partial charge in [0.05, 0.1) is 55.7 Å². The molecular weight excluding hydrogens is 1730 g/mol. The number of carbonyl (C=O) groups excluding carboxylic acids is 12. The fourth-order valence-corrected chi connectivity index (χ4v) is 19.5. The van der Waals surface area contributed by atoms with Crippen molar-refractivity contribution in [2.45, 2.75) is 231 Å². The summed E-state index contributed by atoms with van der Waals surface area (Å²) in [5.74, 6) is -16.0. The van der Waals surface area contributed by atoms with E-state index in [9.17, 15) is 117 Å². The van der Waals surface area contributed by atoms with Crippen LogP contribution in [0.5, 0.6) is 0 Å². The standard InChI is InChI=1S/3C24H40N4O9S2.3Na/c3*1-13(21(33)28-9-5-6-17(28)23(36)37)11-38-39-12-16(20(32)26-10-19(30)31)27-24(3,4)14(2)18(29)8-7-15(25)22(34)35;;;/h3*13-17,27H,5-12,25H2,1-4H3,(H,26,32)(H,30,31)(H,34,35)(H,36,37);;;/q;;;3*+1/p-3/t13?,14?,15-,16-,17?;2*13?,14?,15-,16-,17-;;;/m000.../s1. The van der Waals surface area contributed by atoms with Crippen LogP contribution in [0.1, 0.15) is 160 Å². The van der Waals surface area contributed by atoms with E-state index in [2.05, 4.69) is 31.9 Å². The minimum absolute atomic E-state index is 0. The van der Waals surface area contributed by atoms with E-state index in [1.54, 1.807) is 83.1 Å². The Hall–Kier alpha value is -4.08. The Bertz CT molecular complexity index is 3120. The summed E-state index contributed by atoms with van der Waals surface area (Å²) in [6.07, 6.45) is 2.91. The zero-order valence-corrected chi connectivity index (χ0v) is 81.8. The monoisotopic (exact) mass is 1840 g/mol. The summed E-state index contributed by atoms with van der Waals surface area (Å²) < 4.78 is 0. The molecule has 3 saturated heterocycles. The van der Waals surface area contributed by atoms with Crippen LogP contribution >= 0.6 is 64.8 Å². The SMILES string of the molecule is CC(CSSC[C@H](NC(C)(C)C(C)C(=O)CC[C@H](N)C(=O)O)C(=O)NCC(=O)[O-])C(=O)N1CCCC1C(=O)O.CC(CSSC[C@H](NC(C)(C)C(C)C(=O)CC[C@H](N)C(=O)O)C(=O)NCC(=O)[O-])C(=O)N1CCC[C@H]1C(=O)O.CC(CSSC[C@H](NC(C)(C)C(C)C(=O)CC[C@H](N)C(=O)O)C(=O)NCC(=O)[O-])C(=O)N1CCC[C@H]1C(=O)O.[Na+].[Na+].[Na+]. The first kappa shape index (κ1) is 120. The van der Waals surface area contributed by atoms with E-state index in [4.69, 9.17) is 32.5 Å². The molecule has 3 fully saturated rings. The van der Waals surface area contributed by atoms with Gasteiger partial charge in [-0.2, -0.15) is 0 Å². The summed E-state index contributed by atoms with van der Waals surface area (Å²) in [7, 11) is 7.78. The second-order valence-corrected chi connectivity index (χ2v) is 38.2. The van der Waals surface area contributed by atoms with E-state index in [1.165, 1.54) is 79.5 Å². The molecule has 0 aromatic carbocycles. The predicted molar refractivity (Wildman–Crippen MR) is 433 cm³/mol. The summed E-state index contributed by atoms with van der Waals surface area (Å²) in [6, 6.07) is -8.66. The number of ketones is 3. The van der Waals surface area contributed by atoms with Crippen molar-refractivity contribution in [2.24, 2.45) is 52.7 Å². The topological polar surface area (TPSA) is 658 Å². The molecular formula is C72H117N12Na3O27S6. The number of likely N-dealkylation sites (tertiary alicyclic amines) is 3. The van der Waals surface area contributed by atoms with Crippen molar-refractivity contribution in [3.8, 4) is 0 Å². The molecule has 0 bridgehead atoms. The fraction of sp³-hybridized carbons (Fsp3) is 0.750. The summed E-state index contributed by atoms with van der Waals surface area (Å²) in [6.45, 7) is 19.4. The van der Waals surface area contributed by atoms with E-state index in [0.717, 1.165) is 0 Å². The van der Waals surface area contributed by atoms with Crippen LogP contribution in [0.4, 0.5) is 0 Å². The molecule has 3 aliphatic rings. The molecule has 39 nitrogen and oxygen atoms in total. The third-order valence-corrected chi connectivity index (χ3v) is 28.0. The number of carboxylic acids is 9. The van der Waals surface area contributed by atoms with Gasteiger partial charge in [-0.15, -0.1) is 0 Å². The molecule has 6 amide bonds. The Labute approximate surface area is 788 Å². The van der Waals surface area contributed by atoms with E-state index < -0.39 is 198 Å². The van der Waals surface area contributed by atoms with Gasteiger partial charge in [0, 0.05) is 126 Å². The van der Waals surface area contributed by atoms with Crippen molar-refractivity contribution >= 4 is 171 Å². The van der Waals surface area contributed by atoms with Gasteiger partial charge in [-0.25, -0.2) is 14.4 Å². The molecule has 0 aromatic heterocycles. The Kier molecular flexibility index (Phi) is 59.8. The van der Waals surface area contributed by atoms with Crippen molar-refractivity contribution < 1.29 is 221 Å². The van der Waals surface area contributed by atoms with Crippen LogP contribution in [0.25, 0.3) is 0 Å². The molecule has 15 atom stereocenters. The molecule has 0 radical (unpaired) electrons. The van der Waals surface area contributed by atoms with Gasteiger partial charge in [0.2, 0.25) is 35.4 Å². The van der Waals surface area contributed by atoms with E-state index in [-0.39, 0.29) is 180 Å². The van der Waals surface area contributed by atoms with Gasteiger partial charge in [-0.3, -0.25) is 73.5 Å². The number of rotatable bonds is 54. The van der Waals surface area contributed by atoms with Crippen LogP contribution in [-0.2, 0) is 86.3 Å². The molecule has 48 heteroatoms. The molecule has 0 aromatic rings. The van der Waals surface area contributed by atoms with Crippen LogP contribution in [0.2, 0.25) is 0 Å². The second-order valence-electron chi connectivity index (χ2n) is 30.5. The molecule has 0 saturated carbocycles. The normalized spacial score (nSPS) is 18.1. The molecule has 3 aliphatic heterocycles. The number of amides is 6. The van der Waals surface area contributed by atoms with Gasteiger partial charge in [0.25, 0.3) is 0 Å². The zero-order chi connectivity index (χ0) is 89.7. The van der Waals surface area contributed by atoms with E-state index in [0.29, 0.717) is 75.4 Å². The molecule has 0 aliphatic carbocycles. The zero-order valence-electron chi connectivity index (χ0n) is 70.9. The number of hydrogen-bond donors (Lipinski definition) is 15. The number of nitrogens with one attached hydrogen (secondary N) is 6. The minimum Gasteiger partial charge on any atom is -0.548 e. The van der Waals surface area contributed by atoms with Gasteiger partial charge >= 0.3 is 124 Å². The van der Waals surface area contributed by atoms with E-state index >= 15 is 0 Å². The molecule has 3 rings (SSSR count). The average molecular weight is 1840 g/mol. The number of Topliss-reactive ketones (excluding diaryl/α,β-unsaturated/α-hetero) is 3. The van der Waals surface area contributed by atoms with Crippen molar-refractivity contribution in [2.75, 3.05) is 73.8 Å². The number of nitrogens with zero attached hydrogens (tertiary/aromatic N) is 3. The van der Waals surface area contributed by atoms with Gasteiger partial charge in [-0.05, 0) is 99.3 Å². The number of hydrogen-bond acceptors (Lipinski definition) is 33.